The fourth-order valence-corrected chi connectivity index (χ4v) is 3.26. The summed E-state index contributed by atoms with van der Waals surface area (Å²) in [5, 5.41) is 6.02. The Morgan fingerprint density at radius 1 is 1.48 bits per heavy atom. The molecule has 2 rings (SSSR count). The van der Waals surface area contributed by atoms with Crippen LogP contribution in [0.2, 0.25) is 0 Å². The van der Waals surface area contributed by atoms with Crippen LogP contribution in [0.4, 0.5) is 4.79 Å². The first kappa shape index (κ1) is 17.8. The third-order valence-electron chi connectivity index (χ3n) is 4.42. The molecule has 0 saturated carbocycles. The second-order valence-corrected chi connectivity index (χ2v) is 7.81. The zero-order chi connectivity index (χ0) is 17.3. The Hall–Kier alpha value is -1.56. The predicted octanol–water partition coefficient (Wildman–Crippen LogP) is 2.47. The van der Waals surface area contributed by atoms with Crippen molar-refractivity contribution in [1.29, 1.82) is 0 Å². The smallest absolute Gasteiger partial charge is 0.315 e. The van der Waals surface area contributed by atoms with Crippen LogP contribution in [-0.4, -0.2) is 39.4 Å². The molecule has 0 bridgehead atoms. The Kier molecular flexibility index (Phi) is 5.04. The van der Waals surface area contributed by atoms with Gasteiger partial charge in [-0.15, -0.1) is 0 Å². The Morgan fingerprint density at radius 3 is 2.70 bits per heavy atom. The molecule has 1 fully saturated rings. The second-order valence-electron chi connectivity index (χ2n) is 7.81. The van der Waals surface area contributed by atoms with Crippen LogP contribution in [0.1, 0.15) is 46.9 Å². The van der Waals surface area contributed by atoms with E-state index in [0.717, 1.165) is 18.8 Å². The van der Waals surface area contributed by atoms with E-state index in [9.17, 15) is 4.79 Å². The normalized spacial score (nSPS) is 23.5. The number of hydrogen-bond donors (Lipinski definition) is 2. The third-order valence-corrected chi connectivity index (χ3v) is 4.42. The Morgan fingerprint density at radius 2 is 2.17 bits per heavy atom. The highest BCUT2D eigenvalue weighted by atomic mass is 16.5. The lowest BCUT2D eigenvalue weighted by Crippen LogP contribution is -2.50. The SMILES string of the molecule is Cc1nccn1C[C@H](C)CNC(=O)N[C@H]1CC(C)(C)OC1(C)C. The summed E-state index contributed by atoms with van der Waals surface area (Å²) in [7, 11) is 0. The number of carbonyl (C=O) groups excluding carboxylic acids is 1. The summed E-state index contributed by atoms with van der Waals surface area (Å²) in [5.74, 6) is 1.33. The van der Waals surface area contributed by atoms with E-state index in [-0.39, 0.29) is 23.3 Å². The summed E-state index contributed by atoms with van der Waals surface area (Å²) in [4.78, 5) is 16.4. The van der Waals surface area contributed by atoms with Crippen molar-refractivity contribution in [2.45, 2.75) is 71.8 Å². The van der Waals surface area contributed by atoms with Gasteiger partial charge < -0.3 is 19.9 Å². The molecule has 0 aliphatic carbocycles. The van der Waals surface area contributed by atoms with E-state index in [4.69, 9.17) is 4.74 Å². The van der Waals surface area contributed by atoms with Gasteiger partial charge in [-0.05, 0) is 47.0 Å². The number of rotatable bonds is 5. The summed E-state index contributed by atoms with van der Waals surface area (Å²) < 4.78 is 8.10. The van der Waals surface area contributed by atoms with Crippen molar-refractivity contribution in [1.82, 2.24) is 20.2 Å². The summed E-state index contributed by atoms with van der Waals surface area (Å²) in [6, 6.07) is -0.109. The molecule has 1 aromatic heterocycles. The summed E-state index contributed by atoms with van der Waals surface area (Å²) in [6.45, 7) is 13.7. The maximum atomic E-state index is 12.2. The fraction of sp³-hybridized carbons (Fsp3) is 0.765. The third kappa shape index (κ3) is 4.70. The van der Waals surface area contributed by atoms with Gasteiger partial charge in [0.15, 0.2) is 0 Å². The van der Waals surface area contributed by atoms with E-state index >= 15 is 0 Å². The van der Waals surface area contributed by atoms with Crippen molar-refractivity contribution in [2.75, 3.05) is 6.54 Å². The molecule has 23 heavy (non-hydrogen) atoms. The van der Waals surface area contributed by atoms with Crippen LogP contribution in [0, 0.1) is 12.8 Å². The predicted molar refractivity (Wildman–Crippen MR) is 90.3 cm³/mol. The molecule has 0 spiro atoms. The molecule has 2 amide bonds. The van der Waals surface area contributed by atoms with Crippen LogP contribution in [-0.2, 0) is 11.3 Å². The minimum absolute atomic E-state index is 0.0173. The monoisotopic (exact) mass is 322 g/mol. The quantitative estimate of drug-likeness (QED) is 0.875. The number of ether oxygens (including phenoxy) is 1. The molecule has 2 heterocycles. The van der Waals surface area contributed by atoms with E-state index in [1.807, 2.05) is 27.0 Å². The van der Waals surface area contributed by atoms with E-state index in [1.54, 1.807) is 6.20 Å². The maximum absolute atomic E-state index is 12.2. The first-order chi connectivity index (χ1) is 10.6. The topological polar surface area (TPSA) is 68.2 Å². The first-order valence-electron chi connectivity index (χ1n) is 8.31. The van der Waals surface area contributed by atoms with Crippen molar-refractivity contribution in [3.8, 4) is 0 Å². The largest absolute Gasteiger partial charge is 0.367 e. The summed E-state index contributed by atoms with van der Waals surface area (Å²) >= 11 is 0. The van der Waals surface area contributed by atoms with Gasteiger partial charge in [0, 0.05) is 25.5 Å². The maximum Gasteiger partial charge on any atom is 0.315 e. The van der Waals surface area contributed by atoms with Crippen LogP contribution in [0.25, 0.3) is 0 Å². The molecule has 1 aliphatic heterocycles. The van der Waals surface area contributed by atoms with E-state index < -0.39 is 0 Å². The lowest BCUT2D eigenvalue weighted by atomic mass is 9.95. The van der Waals surface area contributed by atoms with Crippen LogP contribution in [0.15, 0.2) is 12.4 Å². The van der Waals surface area contributed by atoms with Gasteiger partial charge in [0.2, 0.25) is 0 Å². The molecule has 1 aromatic rings. The highest BCUT2D eigenvalue weighted by Crippen LogP contribution is 2.37. The number of amides is 2. The second kappa shape index (κ2) is 6.51. The van der Waals surface area contributed by atoms with Crippen LogP contribution >= 0.6 is 0 Å². The Labute approximate surface area is 139 Å². The van der Waals surface area contributed by atoms with Crippen molar-refractivity contribution >= 4 is 6.03 Å². The van der Waals surface area contributed by atoms with E-state index in [2.05, 4.69) is 41.0 Å². The van der Waals surface area contributed by atoms with Crippen molar-refractivity contribution < 1.29 is 9.53 Å². The number of nitrogens with zero attached hydrogens (tertiary/aromatic N) is 2. The molecule has 6 nitrogen and oxygen atoms in total. The van der Waals surface area contributed by atoms with Gasteiger partial charge in [-0.25, -0.2) is 9.78 Å². The first-order valence-corrected chi connectivity index (χ1v) is 8.31. The number of aryl methyl sites for hydroxylation is 1. The molecule has 1 aliphatic rings. The number of carbonyl (C=O) groups is 1. The molecule has 6 heteroatoms. The van der Waals surface area contributed by atoms with Crippen molar-refractivity contribution in [3.63, 3.8) is 0 Å². The highest BCUT2D eigenvalue weighted by molar-refractivity contribution is 5.74. The van der Waals surface area contributed by atoms with Gasteiger partial charge in [-0.2, -0.15) is 0 Å². The average molecular weight is 322 g/mol. The van der Waals surface area contributed by atoms with Crippen LogP contribution < -0.4 is 10.6 Å². The zero-order valence-electron chi connectivity index (χ0n) is 15.1. The molecule has 2 N–H and O–H groups in total. The van der Waals surface area contributed by atoms with Crippen LogP contribution in [0.5, 0.6) is 0 Å². The molecule has 0 radical (unpaired) electrons. The molecule has 0 aromatic carbocycles. The molecule has 2 atom stereocenters. The standard InChI is InChI=1S/C17H30N4O2/c1-12(11-21-8-7-18-13(21)2)10-19-15(22)20-14-9-16(3,4)23-17(14,5)6/h7-8,12,14H,9-11H2,1-6H3,(H2,19,20,22)/t12-,14+/m1/s1. The molecule has 1 saturated heterocycles. The minimum atomic E-state index is -0.347. The number of urea groups is 1. The Balaban J connectivity index is 1.78. The average Bonchev–Trinajstić information content (AvgIpc) is 2.88. The van der Waals surface area contributed by atoms with E-state index in [1.165, 1.54) is 0 Å². The highest BCUT2D eigenvalue weighted by Gasteiger charge is 2.46. The van der Waals surface area contributed by atoms with Crippen LogP contribution in [0.3, 0.4) is 0 Å². The lowest BCUT2D eigenvalue weighted by Gasteiger charge is -2.28. The summed E-state index contributed by atoms with van der Waals surface area (Å²) in [6.07, 6.45) is 4.58. The minimum Gasteiger partial charge on any atom is -0.367 e. The van der Waals surface area contributed by atoms with Gasteiger partial charge >= 0.3 is 6.03 Å². The molecule has 130 valence electrons. The van der Waals surface area contributed by atoms with Gasteiger partial charge in [0.25, 0.3) is 0 Å². The fourth-order valence-electron chi connectivity index (χ4n) is 3.26. The van der Waals surface area contributed by atoms with Gasteiger partial charge in [0.05, 0.1) is 17.2 Å². The lowest BCUT2D eigenvalue weighted by molar-refractivity contribution is -0.0690. The van der Waals surface area contributed by atoms with Crippen molar-refractivity contribution in [3.05, 3.63) is 18.2 Å². The molecule has 0 unspecified atom stereocenters. The molecular formula is C17H30N4O2. The number of hydrogen-bond acceptors (Lipinski definition) is 3. The van der Waals surface area contributed by atoms with E-state index in [0.29, 0.717) is 12.5 Å². The van der Waals surface area contributed by atoms with Crippen molar-refractivity contribution in [2.24, 2.45) is 5.92 Å². The van der Waals surface area contributed by atoms with Gasteiger partial charge in [-0.1, -0.05) is 6.92 Å². The number of aromatic nitrogens is 2. The number of nitrogens with one attached hydrogen (secondary N) is 2. The van der Waals surface area contributed by atoms with Gasteiger partial charge in [-0.3, -0.25) is 0 Å². The number of imidazole rings is 1. The Bertz CT molecular complexity index is 551. The molecular weight excluding hydrogens is 292 g/mol. The van der Waals surface area contributed by atoms with Gasteiger partial charge in [0.1, 0.15) is 5.82 Å². The summed E-state index contributed by atoms with van der Waals surface area (Å²) in [5.41, 5.74) is -0.548. The zero-order valence-corrected chi connectivity index (χ0v) is 15.1.